The fourth-order valence-electron chi connectivity index (χ4n) is 3.28. The van der Waals surface area contributed by atoms with Crippen LogP contribution in [-0.2, 0) is 14.3 Å². The van der Waals surface area contributed by atoms with Crippen molar-refractivity contribution in [3.8, 4) is 5.75 Å². The Morgan fingerprint density at radius 1 is 1.26 bits per heavy atom. The van der Waals surface area contributed by atoms with Gasteiger partial charge in [-0.3, -0.25) is 10.1 Å². The highest BCUT2D eigenvalue weighted by molar-refractivity contribution is 8.18. The van der Waals surface area contributed by atoms with Crippen LogP contribution in [0.3, 0.4) is 0 Å². The molecule has 2 aliphatic heterocycles. The van der Waals surface area contributed by atoms with Gasteiger partial charge >= 0.3 is 5.97 Å². The number of nitrogens with zero attached hydrogens (tertiary/aromatic N) is 3. The van der Waals surface area contributed by atoms with Crippen LogP contribution in [0.1, 0.15) is 37.7 Å². The number of benzene rings is 1. The highest BCUT2D eigenvalue weighted by Crippen LogP contribution is 2.23. The minimum Gasteiger partial charge on any atom is -0.494 e. The van der Waals surface area contributed by atoms with E-state index in [1.807, 2.05) is 24.3 Å². The van der Waals surface area contributed by atoms with Crippen molar-refractivity contribution in [1.29, 1.82) is 0 Å². The van der Waals surface area contributed by atoms with Crippen LogP contribution in [0.2, 0.25) is 0 Å². The average Bonchev–Trinajstić information content (AvgIpc) is 3.13. The summed E-state index contributed by atoms with van der Waals surface area (Å²) in [4.78, 5) is 25.8. The van der Waals surface area contributed by atoms with Gasteiger partial charge in [-0.25, -0.2) is 4.79 Å². The Balaban J connectivity index is 1.43. The lowest BCUT2D eigenvalue weighted by molar-refractivity contribution is -0.135. The average molecular weight is 445 g/mol. The van der Waals surface area contributed by atoms with Gasteiger partial charge in [0, 0.05) is 6.08 Å². The maximum absolute atomic E-state index is 11.8. The summed E-state index contributed by atoms with van der Waals surface area (Å²) >= 11 is 1.03. The summed E-state index contributed by atoms with van der Waals surface area (Å²) in [6, 6.07) is 7.62. The van der Waals surface area contributed by atoms with E-state index >= 15 is 0 Å². The van der Waals surface area contributed by atoms with Crippen LogP contribution < -0.4 is 10.1 Å². The molecule has 8 nitrogen and oxygen atoms in total. The van der Waals surface area contributed by atoms with Crippen molar-refractivity contribution in [3.63, 3.8) is 0 Å². The van der Waals surface area contributed by atoms with Gasteiger partial charge < -0.3 is 14.4 Å². The van der Waals surface area contributed by atoms with Crippen LogP contribution in [-0.4, -0.2) is 61.5 Å². The number of methoxy groups -OCH3 is 1. The van der Waals surface area contributed by atoms with Crippen molar-refractivity contribution >= 4 is 35.0 Å². The molecule has 0 spiro atoms. The SMILES string of the molecule is COC(=O)/C=C1/S/C(=N\N=Cc2cccc(OCCCCN3CCCCC3)c2)NC1=O. The molecule has 166 valence electrons. The molecule has 0 bridgehead atoms. The largest absolute Gasteiger partial charge is 0.494 e. The number of carbonyl (C=O) groups excluding carboxylic acids is 2. The molecule has 1 aromatic carbocycles. The molecular formula is C22H28N4O4S. The van der Waals surface area contributed by atoms with E-state index in [1.54, 1.807) is 6.21 Å². The molecule has 1 aromatic rings. The zero-order valence-electron chi connectivity index (χ0n) is 17.7. The van der Waals surface area contributed by atoms with E-state index in [1.165, 1.54) is 39.5 Å². The van der Waals surface area contributed by atoms with Gasteiger partial charge in [-0.2, -0.15) is 5.10 Å². The van der Waals surface area contributed by atoms with Gasteiger partial charge in [-0.15, -0.1) is 5.10 Å². The van der Waals surface area contributed by atoms with Crippen LogP contribution in [0.5, 0.6) is 5.75 Å². The van der Waals surface area contributed by atoms with E-state index in [0.717, 1.165) is 48.5 Å². The maximum Gasteiger partial charge on any atom is 0.331 e. The highest BCUT2D eigenvalue weighted by atomic mass is 32.2. The molecule has 0 atom stereocenters. The molecule has 0 aromatic heterocycles. The van der Waals surface area contributed by atoms with E-state index in [-0.39, 0.29) is 4.91 Å². The molecule has 2 fully saturated rings. The second-order valence-electron chi connectivity index (χ2n) is 7.27. The first-order chi connectivity index (χ1) is 15.1. The van der Waals surface area contributed by atoms with E-state index in [4.69, 9.17) is 4.74 Å². The Hall–Kier alpha value is -2.65. The fourth-order valence-corrected chi connectivity index (χ4v) is 4.02. The summed E-state index contributed by atoms with van der Waals surface area (Å²) in [5.41, 5.74) is 0.842. The van der Waals surface area contributed by atoms with Gasteiger partial charge in [-0.1, -0.05) is 18.6 Å². The Labute approximate surface area is 186 Å². The summed E-state index contributed by atoms with van der Waals surface area (Å²) in [6.07, 6.45) is 8.91. The number of ether oxygens (including phenoxy) is 2. The van der Waals surface area contributed by atoms with Crippen molar-refractivity contribution in [3.05, 3.63) is 40.8 Å². The number of nitrogens with one attached hydrogen (secondary N) is 1. The number of unbranched alkanes of at least 4 members (excludes halogenated alkanes) is 1. The lowest BCUT2D eigenvalue weighted by atomic mass is 10.1. The monoisotopic (exact) mass is 444 g/mol. The van der Waals surface area contributed by atoms with Gasteiger partial charge in [0.25, 0.3) is 5.91 Å². The molecule has 0 saturated carbocycles. The molecule has 0 aliphatic carbocycles. The normalized spacial score (nSPS) is 19.8. The van der Waals surface area contributed by atoms with Crippen LogP contribution in [0.4, 0.5) is 0 Å². The van der Waals surface area contributed by atoms with E-state index in [0.29, 0.717) is 11.8 Å². The van der Waals surface area contributed by atoms with Gasteiger partial charge in [0.2, 0.25) is 0 Å². The van der Waals surface area contributed by atoms with Crippen LogP contribution in [0.15, 0.2) is 45.4 Å². The first-order valence-corrected chi connectivity index (χ1v) is 11.3. The summed E-state index contributed by atoms with van der Waals surface area (Å²) in [7, 11) is 1.25. The number of likely N-dealkylation sites (tertiary alicyclic amines) is 1. The lowest BCUT2D eigenvalue weighted by Crippen LogP contribution is -2.30. The van der Waals surface area contributed by atoms with E-state index in [9.17, 15) is 9.59 Å². The van der Waals surface area contributed by atoms with Crippen molar-refractivity contribution in [2.45, 2.75) is 32.1 Å². The smallest absolute Gasteiger partial charge is 0.331 e. The zero-order valence-corrected chi connectivity index (χ0v) is 18.5. The lowest BCUT2D eigenvalue weighted by Gasteiger charge is -2.26. The number of piperidine rings is 1. The Morgan fingerprint density at radius 2 is 2.10 bits per heavy atom. The Bertz CT molecular complexity index is 863. The number of amidine groups is 1. The quantitative estimate of drug-likeness (QED) is 0.207. The Morgan fingerprint density at radius 3 is 2.90 bits per heavy atom. The number of rotatable bonds is 9. The second kappa shape index (κ2) is 12.3. The predicted molar refractivity (Wildman–Crippen MR) is 122 cm³/mol. The molecule has 3 rings (SSSR count). The fraction of sp³-hybridized carbons (Fsp3) is 0.455. The molecule has 1 amide bonds. The first-order valence-electron chi connectivity index (χ1n) is 10.5. The Kier molecular flexibility index (Phi) is 9.11. The topological polar surface area (TPSA) is 92.6 Å². The second-order valence-corrected chi connectivity index (χ2v) is 8.30. The van der Waals surface area contributed by atoms with Crippen LogP contribution in [0.25, 0.3) is 0 Å². The number of amides is 1. The van der Waals surface area contributed by atoms with E-state index < -0.39 is 11.9 Å². The molecule has 1 N–H and O–H groups in total. The van der Waals surface area contributed by atoms with Crippen molar-refractivity contribution in [2.75, 3.05) is 33.4 Å². The molecule has 2 saturated heterocycles. The number of thioether (sulfide) groups is 1. The third-order valence-electron chi connectivity index (χ3n) is 4.90. The molecule has 2 aliphatic rings. The standard InChI is InChI=1S/C22H28N4O4S/c1-29-20(27)15-19-21(28)24-22(31-19)25-23-16-17-8-7-9-18(14-17)30-13-6-5-12-26-10-3-2-4-11-26/h7-9,14-16H,2-6,10-13H2,1H3,(H,24,25,28)/b19-15+,23-16?. The van der Waals surface area contributed by atoms with Gasteiger partial charge in [0.1, 0.15) is 5.75 Å². The third kappa shape index (κ3) is 7.84. The summed E-state index contributed by atoms with van der Waals surface area (Å²) in [5.74, 6) is -0.202. The van der Waals surface area contributed by atoms with Gasteiger partial charge in [-0.05, 0) is 74.8 Å². The number of esters is 1. The van der Waals surface area contributed by atoms with Gasteiger partial charge in [0.05, 0.1) is 24.8 Å². The number of hydrogen-bond acceptors (Lipinski definition) is 8. The molecule has 0 radical (unpaired) electrons. The molecule has 9 heteroatoms. The highest BCUT2D eigenvalue weighted by Gasteiger charge is 2.25. The molecule has 0 unspecified atom stereocenters. The number of hydrogen-bond donors (Lipinski definition) is 1. The number of carbonyl (C=O) groups is 2. The maximum atomic E-state index is 11.8. The van der Waals surface area contributed by atoms with Crippen molar-refractivity contribution in [2.24, 2.45) is 10.2 Å². The zero-order chi connectivity index (χ0) is 21.9. The van der Waals surface area contributed by atoms with Crippen molar-refractivity contribution in [1.82, 2.24) is 10.2 Å². The summed E-state index contributed by atoms with van der Waals surface area (Å²) in [6.45, 7) is 4.31. The summed E-state index contributed by atoms with van der Waals surface area (Å²) in [5, 5.41) is 10.9. The minimum absolute atomic E-state index is 0.219. The first kappa shape index (κ1) is 23.0. The van der Waals surface area contributed by atoms with Gasteiger partial charge in [0.15, 0.2) is 5.17 Å². The minimum atomic E-state index is -0.592. The van der Waals surface area contributed by atoms with Crippen LogP contribution >= 0.6 is 11.8 Å². The molecule has 2 heterocycles. The predicted octanol–water partition coefficient (Wildman–Crippen LogP) is 2.94. The van der Waals surface area contributed by atoms with Crippen LogP contribution in [0, 0.1) is 0 Å². The molecular weight excluding hydrogens is 416 g/mol. The molecule has 31 heavy (non-hydrogen) atoms. The van der Waals surface area contributed by atoms with E-state index in [2.05, 4.69) is 25.2 Å². The summed E-state index contributed by atoms with van der Waals surface area (Å²) < 4.78 is 10.4. The third-order valence-corrected chi connectivity index (χ3v) is 5.80. The van der Waals surface area contributed by atoms with Crippen molar-refractivity contribution < 1.29 is 19.1 Å².